The minimum absolute atomic E-state index is 0.0911. The maximum absolute atomic E-state index is 14.9. The average molecular weight is 710 g/mol. The van der Waals surface area contributed by atoms with Crippen molar-refractivity contribution in [1.82, 2.24) is 9.34 Å². The van der Waals surface area contributed by atoms with E-state index in [1.165, 1.54) is 6.07 Å². The molecule has 0 aromatic heterocycles. The van der Waals surface area contributed by atoms with Gasteiger partial charge in [0.1, 0.15) is 0 Å². The molecule has 1 spiro atoms. The number of para-hydroxylation sites is 1. The van der Waals surface area contributed by atoms with Gasteiger partial charge in [-0.05, 0) is 0 Å². The molecule has 5 rings (SSSR count). The average Bonchev–Trinajstić information content (AvgIpc) is 3.41. The van der Waals surface area contributed by atoms with E-state index in [-0.39, 0.29) is 14.9 Å². The van der Waals surface area contributed by atoms with Crippen LogP contribution in [0.5, 0.6) is 0 Å². The number of anilines is 1. The second-order valence-electron chi connectivity index (χ2n) is 10.1. The Morgan fingerprint density at radius 1 is 0.756 bits per heavy atom. The van der Waals surface area contributed by atoms with Gasteiger partial charge in [-0.1, -0.05) is 0 Å². The van der Waals surface area contributed by atoms with Crippen molar-refractivity contribution in [3.8, 4) is 0 Å². The molecule has 0 bridgehead atoms. The third-order valence-electron chi connectivity index (χ3n) is 7.80. The number of hydrogen-bond donors (Lipinski definition) is 0. The number of nitrogens with zero attached hydrogens (tertiary/aromatic N) is 3. The van der Waals surface area contributed by atoms with E-state index in [1.54, 1.807) is 0 Å². The molecular weight excluding hydrogens is 692 g/mol. The summed E-state index contributed by atoms with van der Waals surface area (Å²) in [4.78, 5) is 14.1. The molecule has 2 aromatic carbocycles. The summed E-state index contributed by atoms with van der Waals surface area (Å²) < 4.78 is 202. The van der Waals surface area contributed by atoms with Gasteiger partial charge in [0, 0.05) is 0 Å². The number of amides is 1. The van der Waals surface area contributed by atoms with E-state index in [2.05, 4.69) is 9.05 Å². The molecule has 0 unspecified atom stereocenters. The summed E-state index contributed by atoms with van der Waals surface area (Å²) in [6.45, 7) is -4.00. The number of carbonyl (C=O) groups is 1. The first-order chi connectivity index (χ1) is 20.6. The number of benzene rings is 2. The van der Waals surface area contributed by atoms with Crippen LogP contribution in [0.4, 0.5) is 62.8 Å². The number of alkyl halides is 13. The van der Waals surface area contributed by atoms with Gasteiger partial charge in [0.15, 0.2) is 0 Å². The predicted molar refractivity (Wildman–Crippen MR) is 131 cm³/mol. The maximum atomic E-state index is 14.9. The van der Waals surface area contributed by atoms with Crippen LogP contribution in [0.15, 0.2) is 48.5 Å². The Kier molecular flexibility index (Phi) is 7.46. The van der Waals surface area contributed by atoms with Crippen LogP contribution in [-0.2, 0) is 15.6 Å². The summed E-state index contributed by atoms with van der Waals surface area (Å²) in [6, 6.07) is 7.37. The van der Waals surface area contributed by atoms with Gasteiger partial charge >= 0.3 is 249 Å². The molecule has 2 aromatic rings. The molecule has 1 amide bonds. The SMILES string of the molecule is O=C1c2ccccc2N2CCN(CCCl)P23(OC(C(F)(F)F)(C(F)(F)F)C(C(F)(F)F)(C(F)(F)F)O3)N1Cc1ccc(F)cc1. The Morgan fingerprint density at radius 2 is 1.24 bits per heavy atom. The fourth-order valence-corrected chi connectivity index (χ4v) is 12.2. The molecule has 250 valence electrons. The first-order valence-electron chi connectivity index (χ1n) is 12.5. The van der Waals surface area contributed by atoms with E-state index in [0.29, 0.717) is 4.67 Å². The van der Waals surface area contributed by atoms with Crippen LogP contribution in [0.1, 0.15) is 15.9 Å². The van der Waals surface area contributed by atoms with Gasteiger partial charge in [-0.3, -0.25) is 0 Å². The van der Waals surface area contributed by atoms with Crippen molar-refractivity contribution in [2.45, 2.75) is 42.5 Å². The third kappa shape index (κ3) is 4.09. The molecule has 0 aliphatic carbocycles. The van der Waals surface area contributed by atoms with Gasteiger partial charge in [-0.15, -0.1) is 0 Å². The molecule has 3 heterocycles. The van der Waals surface area contributed by atoms with Crippen molar-refractivity contribution in [3.63, 3.8) is 0 Å². The van der Waals surface area contributed by atoms with Crippen LogP contribution in [0.3, 0.4) is 0 Å². The monoisotopic (exact) mass is 709 g/mol. The molecule has 3 aliphatic heterocycles. The standard InChI is InChI=1S/C24H18ClF13N3O3P/c25-9-10-39-11-12-40-17-4-2-1-3-16(17)18(42)41(13-14-5-7-15(26)8-6-14)45(39,40)43-19(21(27,28)29,22(30,31)32)20(44-45,23(33,34)35)24(36,37)38/h1-8H,9-13H2. The summed E-state index contributed by atoms with van der Waals surface area (Å²) in [7, 11) is -7.49. The van der Waals surface area contributed by atoms with E-state index in [4.69, 9.17) is 11.6 Å². The van der Waals surface area contributed by atoms with Crippen molar-refractivity contribution >= 4 is 30.7 Å². The van der Waals surface area contributed by atoms with E-state index in [0.717, 1.165) is 42.5 Å². The second kappa shape index (κ2) is 9.95. The first-order valence-corrected chi connectivity index (χ1v) is 15.0. The summed E-state index contributed by atoms with van der Waals surface area (Å²) in [6.07, 6.45) is -30.1. The summed E-state index contributed by atoms with van der Waals surface area (Å²) >= 11 is 5.75. The molecule has 21 heteroatoms. The normalized spacial score (nSPS) is 23.5. The van der Waals surface area contributed by atoms with E-state index < -0.39 is 98.5 Å². The van der Waals surface area contributed by atoms with Gasteiger partial charge in [0.05, 0.1) is 0 Å². The minimum atomic E-state index is -7.53. The van der Waals surface area contributed by atoms with Gasteiger partial charge in [-0.25, -0.2) is 0 Å². The van der Waals surface area contributed by atoms with Crippen molar-refractivity contribution < 1.29 is 70.9 Å². The van der Waals surface area contributed by atoms with E-state index >= 15 is 0 Å². The number of halogens is 14. The fraction of sp³-hybridized carbons (Fsp3) is 0.458. The van der Waals surface area contributed by atoms with E-state index in [9.17, 15) is 61.9 Å². The van der Waals surface area contributed by atoms with Gasteiger partial charge < -0.3 is 0 Å². The van der Waals surface area contributed by atoms with Crippen molar-refractivity contribution in [3.05, 3.63) is 65.5 Å². The van der Waals surface area contributed by atoms with Crippen LogP contribution < -0.4 is 4.67 Å². The predicted octanol–water partition coefficient (Wildman–Crippen LogP) is 7.74. The summed E-state index contributed by atoms with van der Waals surface area (Å²) in [5.74, 6) is -3.32. The molecule has 3 aliphatic rings. The number of hydrogen-bond acceptors (Lipinski definition) is 5. The van der Waals surface area contributed by atoms with Crippen molar-refractivity contribution in [1.29, 1.82) is 0 Å². The number of rotatable bonds is 4. The zero-order valence-corrected chi connectivity index (χ0v) is 23.6. The fourth-order valence-electron chi connectivity index (χ4n) is 6.07. The number of carbonyl (C=O) groups excluding carboxylic acids is 1. The first kappa shape index (κ1) is 33.8. The Bertz CT molecular complexity index is 1430. The van der Waals surface area contributed by atoms with Crippen LogP contribution >= 0.6 is 19.1 Å². The van der Waals surface area contributed by atoms with E-state index in [1.807, 2.05) is 0 Å². The van der Waals surface area contributed by atoms with Crippen LogP contribution in [0.25, 0.3) is 0 Å². The van der Waals surface area contributed by atoms with Crippen LogP contribution in [0.2, 0.25) is 0 Å². The molecule has 6 nitrogen and oxygen atoms in total. The molecule has 2 fully saturated rings. The molecule has 45 heavy (non-hydrogen) atoms. The van der Waals surface area contributed by atoms with Gasteiger partial charge in [0.2, 0.25) is 0 Å². The molecule has 0 N–H and O–H groups in total. The Labute approximate surface area is 249 Å². The number of fused-ring (bicyclic) bond motifs is 2. The Balaban J connectivity index is 2.02. The zero-order valence-electron chi connectivity index (χ0n) is 22.0. The van der Waals surface area contributed by atoms with Crippen LogP contribution in [0, 0.1) is 5.82 Å². The van der Waals surface area contributed by atoms with Gasteiger partial charge in [0.25, 0.3) is 0 Å². The molecule has 0 saturated carbocycles. The van der Waals surface area contributed by atoms with Gasteiger partial charge in [-0.2, -0.15) is 0 Å². The topological polar surface area (TPSA) is 45.3 Å². The van der Waals surface area contributed by atoms with Crippen LogP contribution in [-0.4, -0.2) is 76.7 Å². The quantitative estimate of drug-likeness (QED) is 0.185. The second-order valence-corrected chi connectivity index (χ2v) is 14.1. The van der Waals surface area contributed by atoms with Crippen molar-refractivity contribution in [2.24, 2.45) is 0 Å². The van der Waals surface area contributed by atoms with Crippen molar-refractivity contribution in [2.75, 3.05) is 30.2 Å². The summed E-state index contributed by atoms with van der Waals surface area (Å²) in [5.41, 5.74) is -15.8. The Morgan fingerprint density at radius 3 is 1.71 bits per heavy atom. The Hall–Kier alpha value is -2.60. The molecule has 0 atom stereocenters. The molecule has 2 saturated heterocycles. The zero-order chi connectivity index (χ0) is 33.7. The third-order valence-corrected chi connectivity index (χ3v) is 12.9. The molecular formula is C24H18ClF13N3O3P. The summed E-state index contributed by atoms with van der Waals surface area (Å²) in [5, 5.41) is 0. The molecule has 0 radical (unpaired) electrons.